The molecular formula is C57H91N5O13. The molecule has 1 unspecified atom stereocenters. The van der Waals surface area contributed by atoms with Crippen LogP contribution < -0.4 is 4.74 Å². The molecule has 3 aromatic rings. The van der Waals surface area contributed by atoms with Crippen molar-refractivity contribution in [2.24, 2.45) is 23.7 Å². The van der Waals surface area contributed by atoms with E-state index in [0.29, 0.717) is 39.1 Å². The number of esters is 1. The Kier molecular flexibility index (Phi) is 20.9. The fourth-order valence-corrected chi connectivity index (χ4v) is 12.2. The zero-order valence-electron chi connectivity index (χ0n) is 46.9. The number of aromatic nitrogens is 3. The van der Waals surface area contributed by atoms with E-state index in [2.05, 4.69) is 15.2 Å². The van der Waals surface area contributed by atoms with Gasteiger partial charge < -0.3 is 68.9 Å². The summed E-state index contributed by atoms with van der Waals surface area (Å²) >= 11 is 0. The number of aryl methyl sites for hydroxylation is 1. The van der Waals surface area contributed by atoms with E-state index in [1.165, 1.54) is 14.0 Å². The second-order valence-corrected chi connectivity index (χ2v) is 23.1. The summed E-state index contributed by atoms with van der Waals surface area (Å²) in [7, 11) is 5.34. The third-order valence-electron chi connectivity index (χ3n) is 16.9. The summed E-state index contributed by atoms with van der Waals surface area (Å²) in [5, 5.41) is 78.3. The van der Waals surface area contributed by atoms with Crippen molar-refractivity contribution in [3.8, 4) is 16.9 Å². The molecule has 3 aliphatic rings. The molecule has 0 bridgehead atoms. The Morgan fingerprint density at radius 1 is 0.907 bits per heavy atom. The molecule has 3 fully saturated rings. The smallest absolute Gasteiger partial charge is 0.309 e. The van der Waals surface area contributed by atoms with Crippen molar-refractivity contribution in [3.63, 3.8) is 0 Å². The summed E-state index contributed by atoms with van der Waals surface area (Å²) in [5.41, 5.74) is -0.644. The van der Waals surface area contributed by atoms with E-state index in [-0.39, 0.29) is 37.9 Å². The highest BCUT2D eigenvalue weighted by Gasteiger charge is 2.55. The molecule has 75 heavy (non-hydrogen) atoms. The first kappa shape index (κ1) is 60.6. The first-order valence-electron chi connectivity index (χ1n) is 27.3. The second kappa shape index (κ2) is 25.9. The van der Waals surface area contributed by atoms with Crippen molar-refractivity contribution in [1.29, 1.82) is 0 Å². The molecule has 2 aromatic carbocycles. The number of ether oxygens (including phenoxy) is 6. The van der Waals surface area contributed by atoms with Gasteiger partial charge in [0.25, 0.3) is 0 Å². The van der Waals surface area contributed by atoms with Crippen LogP contribution in [0.2, 0.25) is 0 Å². The van der Waals surface area contributed by atoms with Crippen LogP contribution in [0.4, 0.5) is 0 Å². The quantitative estimate of drug-likeness (QED) is 0.0818. The van der Waals surface area contributed by atoms with Crippen LogP contribution in [0, 0.1) is 23.7 Å². The third kappa shape index (κ3) is 14.5. The molecule has 1 aromatic heterocycles. The molecule has 0 aliphatic carbocycles. The molecule has 0 saturated carbocycles. The summed E-state index contributed by atoms with van der Waals surface area (Å²) in [6.07, 6.45) is -4.09. The first-order valence-corrected chi connectivity index (χ1v) is 27.3. The molecular weight excluding hydrogens is 963 g/mol. The monoisotopic (exact) mass is 1050 g/mol. The molecule has 6 rings (SSSR count). The minimum atomic E-state index is -1.81. The van der Waals surface area contributed by atoms with E-state index in [1.54, 1.807) is 27.7 Å². The zero-order chi connectivity index (χ0) is 55.2. The van der Waals surface area contributed by atoms with Gasteiger partial charge in [0.1, 0.15) is 35.8 Å². The Labute approximate surface area is 445 Å². The molecule has 0 amide bonds. The Morgan fingerprint density at radius 2 is 1.56 bits per heavy atom. The Balaban J connectivity index is 1.17. The van der Waals surface area contributed by atoms with Gasteiger partial charge >= 0.3 is 5.97 Å². The van der Waals surface area contributed by atoms with Crippen molar-refractivity contribution < 1.29 is 63.9 Å². The standard InChI is InChI=1S/C57H91N5O13/c1-14-47-57(10,69)50(65)38(6)61(12)31-34(2)29-55(8,68)52(36(4)48(37(5)53(67)74-47)46-30-56(9,70-13)51(66)39(7)73-46)75-54-49(64)45(28-35(3)72-54)60(11)26-24-43-32-62(59-58-43)25-15-27-71-44-22-20-42(21-23-44)41-18-16-40(33-63)17-19-41/h16-23,32,34-39,45-52,54,63-66,68-69H,14-15,24-31,33H2,1-13H3/t34-,35-,36+,37-,38-,39+,45+,46?,47-,48+,49-,50-,51+,52-,54+,55-,56-,57-/m1/s1. The SMILES string of the molecule is CC[C@H]1OC(=O)[C@H](C)[C@@H](C2C[C@@](C)(OC)[C@@H](O)[C@H](C)O2)[C@H](C)[C@@H](O[C@@H]2O[C@H](C)C[C@H](N(C)CCc3cn(CCCOc4ccc(-c5ccc(CO)cc5)cc4)nn3)[C@H]2O)[C@](C)(O)C[C@@H](C)CN(C)[C@H](C)[C@@H](O)[C@]1(C)O. The predicted molar refractivity (Wildman–Crippen MR) is 283 cm³/mol. The van der Waals surface area contributed by atoms with Gasteiger partial charge in [0.15, 0.2) is 6.29 Å². The van der Waals surface area contributed by atoms with Crippen LogP contribution >= 0.6 is 0 Å². The van der Waals surface area contributed by atoms with Gasteiger partial charge in [0, 0.05) is 70.2 Å². The number of rotatable bonds is 16. The number of carbonyl (C=O) groups excluding carboxylic acids is 1. The number of carbonyl (C=O) groups is 1. The molecule has 3 aliphatic heterocycles. The molecule has 3 saturated heterocycles. The van der Waals surface area contributed by atoms with Gasteiger partial charge in [-0.05, 0) is 116 Å². The van der Waals surface area contributed by atoms with Crippen LogP contribution in [-0.2, 0) is 48.1 Å². The van der Waals surface area contributed by atoms with Crippen molar-refractivity contribution in [3.05, 3.63) is 66.0 Å². The Morgan fingerprint density at radius 3 is 2.19 bits per heavy atom. The van der Waals surface area contributed by atoms with Crippen LogP contribution in [0.25, 0.3) is 11.1 Å². The largest absolute Gasteiger partial charge is 0.494 e. The molecule has 18 heteroatoms. The van der Waals surface area contributed by atoms with Gasteiger partial charge in [-0.3, -0.25) is 9.48 Å². The van der Waals surface area contributed by atoms with E-state index in [1.807, 2.05) is 113 Å². The normalized spacial score (nSPS) is 37.9. The average molecular weight is 1050 g/mol. The predicted octanol–water partition coefficient (Wildman–Crippen LogP) is 5.01. The number of cyclic esters (lactones) is 1. The molecule has 18 nitrogen and oxygen atoms in total. The average Bonchev–Trinajstić information content (AvgIpc) is 3.84. The van der Waals surface area contributed by atoms with Crippen molar-refractivity contribution in [1.82, 2.24) is 24.8 Å². The third-order valence-corrected chi connectivity index (χ3v) is 16.9. The molecule has 18 atom stereocenters. The van der Waals surface area contributed by atoms with E-state index in [4.69, 9.17) is 28.4 Å². The lowest BCUT2D eigenvalue weighted by Gasteiger charge is -2.51. The van der Waals surface area contributed by atoms with Gasteiger partial charge in [-0.25, -0.2) is 0 Å². The maximum absolute atomic E-state index is 14.6. The molecule has 4 heterocycles. The van der Waals surface area contributed by atoms with E-state index < -0.39 is 102 Å². The van der Waals surface area contributed by atoms with E-state index in [9.17, 15) is 35.4 Å². The first-order chi connectivity index (χ1) is 35.3. The summed E-state index contributed by atoms with van der Waals surface area (Å²) in [6, 6.07) is 14.8. The van der Waals surface area contributed by atoms with Crippen molar-refractivity contribution in [2.75, 3.05) is 40.9 Å². The summed E-state index contributed by atoms with van der Waals surface area (Å²) in [4.78, 5) is 18.7. The number of benzene rings is 2. The van der Waals surface area contributed by atoms with Gasteiger partial charge in [-0.1, -0.05) is 69.3 Å². The van der Waals surface area contributed by atoms with Crippen LogP contribution in [-0.4, -0.2) is 186 Å². The number of nitrogens with zero attached hydrogens (tertiary/aromatic N) is 5. The van der Waals surface area contributed by atoms with Crippen LogP contribution in [0.1, 0.15) is 113 Å². The maximum atomic E-state index is 14.6. The van der Waals surface area contributed by atoms with Crippen LogP contribution in [0.5, 0.6) is 5.75 Å². The minimum absolute atomic E-state index is 0.0157. The number of aliphatic hydroxyl groups is 6. The molecule has 6 N–H and O–H groups in total. The number of methoxy groups -OCH3 is 1. The maximum Gasteiger partial charge on any atom is 0.309 e. The fourth-order valence-electron chi connectivity index (χ4n) is 12.2. The highest BCUT2D eigenvalue weighted by atomic mass is 16.7. The summed E-state index contributed by atoms with van der Waals surface area (Å²) < 4.78 is 40.1. The van der Waals surface area contributed by atoms with E-state index >= 15 is 0 Å². The van der Waals surface area contributed by atoms with Gasteiger partial charge in [-0.2, -0.15) is 0 Å². The minimum Gasteiger partial charge on any atom is -0.494 e. The second-order valence-electron chi connectivity index (χ2n) is 23.1. The Bertz CT molecular complexity index is 2230. The number of likely N-dealkylation sites (N-methyl/N-ethyl adjacent to an activating group) is 2. The lowest BCUT2D eigenvalue weighted by molar-refractivity contribution is -0.302. The van der Waals surface area contributed by atoms with E-state index in [0.717, 1.165) is 34.6 Å². The fraction of sp³-hybridized carbons (Fsp3) is 0.737. The molecule has 422 valence electrons. The topological polar surface area (TPSA) is 231 Å². The lowest BCUT2D eigenvalue weighted by atomic mass is 9.68. The number of aliphatic hydroxyl groups excluding tert-OH is 4. The lowest BCUT2D eigenvalue weighted by Crippen LogP contribution is -2.62. The Hall–Kier alpha value is -3.63. The number of hydrogen-bond acceptors (Lipinski definition) is 17. The number of hydrogen-bond donors (Lipinski definition) is 6. The van der Waals surface area contributed by atoms with Gasteiger partial charge in [0.2, 0.25) is 0 Å². The summed E-state index contributed by atoms with van der Waals surface area (Å²) in [6.45, 7) is 20.1. The molecule has 0 radical (unpaired) electrons. The molecule has 0 spiro atoms. The van der Waals surface area contributed by atoms with Gasteiger partial charge in [-0.15, -0.1) is 5.10 Å². The van der Waals surface area contributed by atoms with Crippen LogP contribution in [0.15, 0.2) is 54.7 Å². The van der Waals surface area contributed by atoms with Gasteiger partial charge in [0.05, 0.1) is 60.4 Å². The summed E-state index contributed by atoms with van der Waals surface area (Å²) in [5.74, 6) is -2.35. The highest BCUT2D eigenvalue weighted by molar-refractivity contribution is 5.73. The van der Waals surface area contributed by atoms with Crippen molar-refractivity contribution in [2.45, 2.75) is 205 Å². The van der Waals surface area contributed by atoms with Crippen LogP contribution in [0.3, 0.4) is 0 Å². The highest BCUT2D eigenvalue weighted by Crippen LogP contribution is 2.45. The zero-order valence-corrected chi connectivity index (χ0v) is 46.9. The van der Waals surface area contributed by atoms with Crippen molar-refractivity contribution >= 4 is 5.97 Å².